The third-order valence-corrected chi connectivity index (χ3v) is 4.30. The molecular weight excluding hydrogens is 311 g/mol. The number of hydrogen-bond acceptors (Lipinski definition) is 6. The third-order valence-electron chi connectivity index (χ3n) is 3.97. The van der Waals surface area contributed by atoms with E-state index in [-0.39, 0.29) is 4.64 Å². The van der Waals surface area contributed by atoms with Crippen LogP contribution in [0, 0.1) is 17.4 Å². The first-order chi connectivity index (χ1) is 10.4. The lowest BCUT2D eigenvalue weighted by molar-refractivity contribution is -0.0229. The maximum absolute atomic E-state index is 13.7. The zero-order valence-corrected chi connectivity index (χ0v) is 12.5. The molecule has 3 rings (SSSR count). The minimum Gasteiger partial charge on any atom is -0.394 e. The second-order valence-corrected chi connectivity index (χ2v) is 5.71. The lowest BCUT2D eigenvalue weighted by atomic mass is 10.0. The number of hydrogen-bond donors (Lipinski definition) is 4. The minimum absolute atomic E-state index is 0.279. The number of fused-ring (bicyclic) bond motifs is 1. The van der Waals surface area contributed by atoms with Crippen molar-refractivity contribution in [2.45, 2.75) is 31.3 Å². The molecule has 22 heavy (non-hydrogen) atoms. The summed E-state index contributed by atoms with van der Waals surface area (Å²) in [5.41, 5.74) is 1.24. The number of aromatic amines is 1. The second-order valence-electron chi connectivity index (χ2n) is 5.31. The van der Waals surface area contributed by atoms with Crippen LogP contribution in [0.15, 0.2) is 12.3 Å². The van der Waals surface area contributed by atoms with Crippen molar-refractivity contribution in [2.24, 2.45) is 0 Å². The lowest BCUT2D eigenvalue weighted by Crippen LogP contribution is -2.32. The van der Waals surface area contributed by atoms with Gasteiger partial charge in [-0.2, -0.15) is 0 Å². The molecule has 1 aliphatic heterocycles. The third kappa shape index (κ3) is 2.33. The molecule has 2 unspecified atom stereocenters. The summed E-state index contributed by atoms with van der Waals surface area (Å²) in [4.78, 5) is 6.82. The Morgan fingerprint density at radius 2 is 2.14 bits per heavy atom. The van der Waals surface area contributed by atoms with Gasteiger partial charge in [-0.15, -0.1) is 0 Å². The first kappa shape index (κ1) is 15.4. The summed E-state index contributed by atoms with van der Waals surface area (Å²) < 4.78 is 19.4. The fraction of sp³-hybridized carbons (Fsp3) is 0.429. The molecule has 6 nitrogen and oxygen atoms in total. The van der Waals surface area contributed by atoms with Crippen molar-refractivity contribution >= 4 is 23.3 Å². The van der Waals surface area contributed by atoms with Gasteiger partial charge in [0.05, 0.1) is 12.8 Å². The summed E-state index contributed by atoms with van der Waals surface area (Å²) in [5.74, 6) is -0.454. The summed E-state index contributed by atoms with van der Waals surface area (Å²) in [6.45, 7) is 1.19. The van der Waals surface area contributed by atoms with Gasteiger partial charge in [0.25, 0.3) is 0 Å². The number of aliphatic hydroxyl groups is 3. The Bertz CT molecular complexity index is 781. The zero-order chi connectivity index (χ0) is 16.0. The maximum Gasteiger partial charge on any atom is 0.145 e. The molecule has 0 radical (unpaired) electrons. The maximum atomic E-state index is 13.7. The van der Waals surface area contributed by atoms with Gasteiger partial charge in [0.2, 0.25) is 0 Å². The summed E-state index contributed by atoms with van der Waals surface area (Å²) in [7, 11) is 0. The standard InChI is InChI=1S/C14H15FN2O4S/c1-5-6-2-7(12-11(20)10(19)9(4-18)21-12)14(22)17-13(6)16-3-8(5)15/h2-3,9-12,18-20H,4H2,1H3,(H,16,17,22)/t9-,10?,11?,12+/m1/s1. The number of aryl methyl sites for hydroxylation is 1. The van der Waals surface area contributed by atoms with Crippen molar-refractivity contribution in [1.82, 2.24) is 9.97 Å². The number of rotatable bonds is 2. The van der Waals surface area contributed by atoms with Crippen LogP contribution in [0.25, 0.3) is 11.0 Å². The molecule has 0 aliphatic carbocycles. The molecule has 118 valence electrons. The lowest BCUT2D eigenvalue weighted by Gasteiger charge is -2.16. The van der Waals surface area contributed by atoms with Gasteiger partial charge in [0, 0.05) is 10.9 Å². The van der Waals surface area contributed by atoms with E-state index >= 15 is 0 Å². The monoisotopic (exact) mass is 326 g/mol. The highest BCUT2D eigenvalue weighted by Crippen LogP contribution is 2.35. The molecule has 1 saturated heterocycles. The number of aromatic nitrogens is 2. The van der Waals surface area contributed by atoms with Gasteiger partial charge in [0.1, 0.15) is 40.5 Å². The molecule has 8 heteroatoms. The van der Waals surface area contributed by atoms with Gasteiger partial charge in [-0.05, 0) is 18.6 Å². The predicted octanol–water partition coefficient (Wildman–Crippen LogP) is 0.894. The molecular formula is C14H15FN2O4S. The molecule has 2 aromatic rings. The average Bonchev–Trinajstić information content (AvgIpc) is 2.79. The van der Waals surface area contributed by atoms with E-state index in [0.29, 0.717) is 22.2 Å². The predicted molar refractivity (Wildman–Crippen MR) is 78.3 cm³/mol. The van der Waals surface area contributed by atoms with Gasteiger partial charge in [0.15, 0.2) is 0 Å². The van der Waals surface area contributed by atoms with Crippen LogP contribution in [-0.4, -0.2) is 50.2 Å². The molecule has 3 heterocycles. The summed E-state index contributed by atoms with van der Waals surface area (Å²) in [5, 5.41) is 29.6. The van der Waals surface area contributed by atoms with Gasteiger partial charge in [-0.1, -0.05) is 12.2 Å². The molecule has 1 aliphatic rings. The van der Waals surface area contributed by atoms with Crippen molar-refractivity contribution in [3.8, 4) is 0 Å². The average molecular weight is 326 g/mol. The smallest absolute Gasteiger partial charge is 0.145 e. The molecule has 4 N–H and O–H groups in total. The van der Waals surface area contributed by atoms with E-state index in [1.54, 1.807) is 13.0 Å². The summed E-state index contributed by atoms with van der Waals surface area (Å²) >= 11 is 5.23. The van der Waals surface area contributed by atoms with Crippen molar-refractivity contribution in [3.63, 3.8) is 0 Å². The van der Waals surface area contributed by atoms with E-state index in [4.69, 9.17) is 22.1 Å². The number of aliphatic hydroxyl groups excluding tert-OH is 3. The van der Waals surface area contributed by atoms with Gasteiger partial charge >= 0.3 is 0 Å². The fourth-order valence-corrected chi connectivity index (χ4v) is 2.91. The Hall–Kier alpha value is -1.45. The van der Waals surface area contributed by atoms with Crippen LogP contribution in [0.4, 0.5) is 4.39 Å². The van der Waals surface area contributed by atoms with Crippen molar-refractivity contribution in [2.75, 3.05) is 6.61 Å². The molecule has 1 fully saturated rings. The zero-order valence-electron chi connectivity index (χ0n) is 11.7. The highest BCUT2D eigenvalue weighted by atomic mass is 32.1. The molecule has 0 bridgehead atoms. The summed E-state index contributed by atoms with van der Waals surface area (Å²) in [6.07, 6.45) is -3.13. The molecule has 0 spiro atoms. The number of nitrogens with one attached hydrogen (secondary N) is 1. The Balaban J connectivity index is 2.13. The fourth-order valence-electron chi connectivity index (χ4n) is 2.64. The summed E-state index contributed by atoms with van der Waals surface area (Å²) in [6, 6.07) is 1.60. The van der Waals surface area contributed by atoms with Crippen molar-refractivity contribution in [3.05, 3.63) is 33.8 Å². The van der Waals surface area contributed by atoms with Crippen LogP contribution < -0.4 is 0 Å². The second kappa shape index (κ2) is 5.64. The first-order valence-corrected chi connectivity index (χ1v) is 7.15. The van der Waals surface area contributed by atoms with Gasteiger partial charge in [-0.25, -0.2) is 9.37 Å². The highest BCUT2D eigenvalue weighted by molar-refractivity contribution is 7.71. The van der Waals surface area contributed by atoms with E-state index < -0.39 is 36.8 Å². The Morgan fingerprint density at radius 3 is 2.77 bits per heavy atom. The van der Waals surface area contributed by atoms with Crippen LogP contribution in [0.2, 0.25) is 0 Å². The highest BCUT2D eigenvalue weighted by Gasteiger charge is 2.43. The number of ether oxygens (including phenoxy) is 1. The number of pyridine rings is 2. The number of halogens is 1. The van der Waals surface area contributed by atoms with Crippen molar-refractivity contribution in [1.29, 1.82) is 0 Å². The van der Waals surface area contributed by atoms with Gasteiger partial charge < -0.3 is 25.0 Å². The first-order valence-electron chi connectivity index (χ1n) is 6.74. The molecule has 2 aromatic heterocycles. The van der Waals surface area contributed by atoms with Crippen LogP contribution in [-0.2, 0) is 4.74 Å². The largest absolute Gasteiger partial charge is 0.394 e. The van der Waals surface area contributed by atoms with E-state index in [1.165, 1.54) is 0 Å². The number of nitrogens with zero attached hydrogens (tertiary/aromatic N) is 1. The van der Waals surface area contributed by atoms with E-state index in [0.717, 1.165) is 6.20 Å². The van der Waals surface area contributed by atoms with E-state index in [2.05, 4.69) is 9.97 Å². The molecule has 0 amide bonds. The SMILES string of the molecule is Cc1c(F)cnc2[nH]c(=S)c([C@@H]3O[C@H](CO)C(O)C3O)cc12. The molecule has 0 aromatic carbocycles. The Labute approximate surface area is 130 Å². The minimum atomic E-state index is -1.23. The molecule has 4 atom stereocenters. The van der Waals surface area contributed by atoms with E-state index in [1.807, 2.05) is 0 Å². The Morgan fingerprint density at radius 1 is 1.41 bits per heavy atom. The van der Waals surface area contributed by atoms with Crippen LogP contribution in [0.1, 0.15) is 17.2 Å². The van der Waals surface area contributed by atoms with Crippen LogP contribution >= 0.6 is 12.2 Å². The Kier molecular flexibility index (Phi) is 3.96. The number of H-pyrrole nitrogens is 1. The van der Waals surface area contributed by atoms with Gasteiger partial charge in [-0.3, -0.25) is 0 Å². The van der Waals surface area contributed by atoms with Crippen LogP contribution in [0.3, 0.4) is 0 Å². The van der Waals surface area contributed by atoms with E-state index in [9.17, 15) is 14.6 Å². The molecule has 0 saturated carbocycles. The normalized spacial score (nSPS) is 28.4. The topological polar surface area (TPSA) is 98.6 Å². The van der Waals surface area contributed by atoms with Crippen molar-refractivity contribution < 1.29 is 24.4 Å². The quantitative estimate of drug-likeness (QED) is 0.612. The van der Waals surface area contributed by atoms with Crippen LogP contribution in [0.5, 0.6) is 0 Å².